The number of carbonyl (C=O) groups excluding carboxylic acids is 1. The average Bonchev–Trinajstić information content (AvgIpc) is 2.89. The number of piperidine rings is 1. The third kappa shape index (κ3) is 4.64. The standard InChI is InChI=1S/C28H27N3O2/c1-33-23-13-11-21(12-14-23)28(32)22-15-17-31(18-16-22)19-26-29-25-10-6-5-9-24(25)27(30-26)20-7-3-2-4-8-20/h2-14,22H,15-19H2,1H3. The Balaban J connectivity index is 1.30. The molecule has 1 aliphatic heterocycles. The first-order valence-corrected chi connectivity index (χ1v) is 11.4. The molecule has 4 aromatic rings. The van der Waals surface area contributed by atoms with E-state index in [1.165, 1.54) is 0 Å². The van der Waals surface area contributed by atoms with Crippen LogP contribution in [0.5, 0.6) is 5.75 Å². The Hall–Kier alpha value is -3.57. The van der Waals surface area contributed by atoms with E-state index in [0.717, 1.165) is 65.2 Å². The van der Waals surface area contributed by atoms with Crippen molar-refractivity contribution < 1.29 is 9.53 Å². The number of Topliss-reactive ketones (excluding diaryl/α,β-unsaturated/α-hetero) is 1. The highest BCUT2D eigenvalue weighted by atomic mass is 16.5. The number of fused-ring (bicyclic) bond motifs is 1. The molecule has 0 unspecified atom stereocenters. The summed E-state index contributed by atoms with van der Waals surface area (Å²) in [5, 5.41) is 1.07. The summed E-state index contributed by atoms with van der Waals surface area (Å²) in [6.07, 6.45) is 1.70. The Morgan fingerprint density at radius 1 is 0.909 bits per heavy atom. The molecule has 166 valence electrons. The first-order valence-electron chi connectivity index (χ1n) is 11.4. The molecule has 1 aromatic heterocycles. The smallest absolute Gasteiger partial charge is 0.166 e. The predicted octanol–water partition coefficient (Wildman–Crippen LogP) is 5.40. The molecule has 0 radical (unpaired) electrons. The summed E-state index contributed by atoms with van der Waals surface area (Å²) in [5.41, 5.74) is 3.80. The molecule has 1 aliphatic rings. The number of ketones is 1. The maximum Gasteiger partial charge on any atom is 0.166 e. The minimum atomic E-state index is 0.0621. The van der Waals surface area contributed by atoms with Gasteiger partial charge in [0.2, 0.25) is 0 Å². The van der Waals surface area contributed by atoms with Crippen molar-refractivity contribution in [1.82, 2.24) is 14.9 Å². The van der Waals surface area contributed by atoms with Crippen LogP contribution in [-0.4, -0.2) is 40.9 Å². The monoisotopic (exact) mass is 437 g/mol. The van der Waals surface area contributed by atoms with Gasteiger partial charge < -0.3 is 4.74 Å². The van der Waals surface area contributed by atoms with Crippen molar-refractivity contribution in [2.24, 2.45) is 5.92 Å². The first kappa shape index (κ1) is 21.3. The van der Waals surface area contributed by atoms with Crippen LogP contribution in [0.2, 0.25) is 0 Å². The largest absolute Gasteiger partial charge is 0.497 e. The van der Waals surface area contributed by atoms with Gasteiger partial charge in [0.25, 0.3) is 0 Å². The van der Waals surface area contributed by atoms with Gasteiger partial charge >= 0.3 is 0 Å². The Morgan fingerprint density at radius 3 is 2.33 bits per heavy atom. The van der Waals surface area contributed by atoms with Gasteiger partial charge in [-0.05, 0) is 56.3 Å². The lowest BCUT2D eigenvalue weighted by molar-refractivity contribution is 0.0833. The summed E-state index contributed by atoms with van der Waals surface area (Å²) in [7, 11) is 1.63. The summed E-state index contributed by atoms with van der Waals surface area (Å²) >= 11 is 0. The summed E-state index contributed by atoms with van der Waals surface area (Å²) in [6.45, 7) is 2.42. The fourth-order valence-electron chi connectivity index (χ4n) is 4.56. The summed E-state index contributed by atoms with van der Waals surface area (Å²) in [5.74, 6) is 1.89. The van der Waals surface area contributed by atoms with Crippen LogP contribution in [0, 0.1) is 5.92 Å². The molecule has 1 fully saturated rings. The van der Waals surface area contributed by atoms with E-state index in [4.69, 9.17) is 14.7 Å². The lowest BCUT2D eigenvalue weighted by Gasteiger charge is -2.30. The lowest BCUT2D eigenvalue weighted by atomic mass is 9.89. The molecule has 0 N–H and O–H groups in total. The average molecular weight is 438 g/mol. The number of benzene rings is 3. The normalized spacial score (nSPS) is 14.9. The first-order chi connectivity index (χ1) is 16.2. The van der Waals surface area contributed by atoms with E-state index in [1.807, 2.05) is 60.7 Å². The number of methoxy groups -OCH3 is 1. The third-order valence-electron chi connectivity index (χ3n) is 6.39. The Kier molecular flexibility index (Phi) is 6.13. The SMILES string of the molecule is COc1ccc(C(=O)C2CCN(Cc3nc(-c4ccccc4)c4ccccc4n3)CC2)cc1. The number of hydrogen-bond donors (Lipinski definition) is 0. The second-order valence-electron chi connectivity index (χ2n) is 8.51. The second kappa shape index (κ2) is 9.51. The number of ether oxygens (including phenoxy) is 1. The van der Waals surface area contributed by atoms with Crippen LogP contribution >= 0.6 is 0 Å². The van der Waals surface area contributed by atoms with Crippen molar-refractivity contribution in [3.8, 4) is 17.0 Å². The minimum absolute atomic E-state index is 0.0621. The molecule has 5 rings (SSSR count). The van der Waals surface area contributed by atoms with Crippen LogP contribution in [0.3, 0.4) is 0 Å². The van der Waals surface area contributed by atoms with Gasteiger partial charge in [-0.15, -0.1) is 0 Å². The van der Waals surface area contributed by atoms with Crippen molar-refractivity contribution in [3.63, 3.8) is 0 Å². The van der Waals surface area contributed by atoms with E-state index in [2.05, 4.69) is 23.1 Å². The highest BCUT2D eigenvalue weighted by molar-refractivity contribution is 5.98. The van der Waals surface area contributed by atoms with Crippen molar-refractivity contribution in [2.45, 2.75) is 19.4 Å². The van der Waals surface area contributed by atoms with Gasteiger partial charge in [-0.25, -0.2) is 9.97 Å². The number of hydrogen-bond acceptors (Lipinski definition) is 5. The molecule has 2 heterocycles. The molecule has 0 atom stereocenters. The molecule has 0 amide bonds. The van der Waals surface area contributed by atoms with E-state index in [-0.39, 0.29) is 11.7 Å². The highest BCUT2D eigenvalue weighted by Gasteiger charge is 2.26. The van der Waals surface area contributed by atoms with Gasteiger partial charge in [-0.1, -0.05) is 48.5 Å². The Bertz CT molecular complexity index is 1250. The lowest BCUT2D eigenvalue weighted by Crippen LogP contribution is -2.36. The summed E-state index contributed by atoms with van der Waals surface area (Å²) < 4.78 is 5.20. The quantitative estimate of drug-likeness (QED) is 0.378. The molecule has 0 spiro atoms. The zero-order valence-electron chi connectivity index (χ0n) is 18.8. The maximum atomic E-state index is 12.9. The minimum Gasteiger partial charge on any atom is -0.497 e. The van der Waals surface area contributed by atoms with E-state index >= 15 is 0 Å². The zero-order valence-corrected chi connectivity index (χ0v) is 18.8. The highest BCUT2D eigenvalue weighted by Crippen LogP contribution is 2.27. The predicted molar refractivity (Wildman–Crippen MR) is 130 cm³/mol. The summed E-state index contributed by atoms with van der Waals surface area (Å²) in [4.78, 5) is 25.1. The van der Waals surface area contributed by atoms with E-state index < -0.39 is 0 Å². The second-order valence-corrected chi connectivity index (χ2v) is 8.51. The molecule has 1 saturated heterocycles. The number of likely N-dealkylation sites (tertiary alicyclic amines) is 1. The molecule has 0 bridgehead atoms. The Labute approximate surface area is 194 Å². The van der Waals surface area contributed by atoms with Crippen molar-refractivity contribution in [3.05, 3.63) is 90.3 Å². The van der Waals surface area contributed by atoms with Crippen LogP contribution in [0.4, 0.5) is 0 Å². The number of rotatable bonds is 6. The molecular weight excluding hydrogens is 410 g/mol. The number of aromatic nitrogens is 2. The zero-order chi connectivity index (χ0) is 22.6. The number of nitrogens with zero attached hydrogens (tertiary/aromatic N) is 3. The van der Waals surface area contributed by atoms with Gasteiger partial charge in [-0.3, -0.25) is 9.69 Å². The molecule has 3 aromatic carbocycles. The van der Waals surface area contributed by atoms with Crippen molar-refractivity contribution >= 4 is 16.7 Å². The van der Waals surface area contributed by atoms with Crippen molar-refractivity contribution in [1.29, 1.82) is 0 Å². The van der Waals surface area contributed by atoms with Crippen LogP contribution in [0.1, 0.15) is 29.0 Å². The van der Waals surface area contributed by atoms with Crippen LogP contribution < -0.4 is 4.74 Å². The van der Waals surface area contributed by atoms with Crippen molar-refractivity contribution in [2.75, 3.05) is 20.2 Å². The van der Waals surface area contributed by atoms with Crippen LogP contribution in [0.25, 0.3) is 22.2 Å². The molecule has 33 heavy (non-hydrogen) atoms. The van der Waals surface area contributed by atoms with E-state index in [0.29, 0.717) is 6.54 Å². The fraction of sp³-hybridized carbons (Fsp3) is 0.250. The van der Waals surface area contributed by atoms with Gasteiger partial charge in [0.15, 0.2) is 5.78 Å². The van der Waals surface area contributed by atoms with E-state index in [1.54, 1.807) is 7.11 Å². The molecule has 5 heteroatoms. The number of carbonyl (C=O) groups is 1. The Morgan fingerprint density at radius 2 is 1.61 bits per heavy atom. The van der Waals surface area contributed by atoms with Crippen LogP contribution in [-0.2, 0) is 6.54 Å². The van der Waals surface area contributed by atoms with Gasteiger partial charge in [-0.2, -0.15) is 0 Å². The van der Waals surface area contributed by atoms with Gasteiger partial charge in [0.05, 0.1) is 24.9 Å². The van der Waals surface area contributed by atoms with Crippen LogP contribution in [0.15, 0.2) is 78.9 Å². The summed E-state index contributed by atoms with van der Waals surface area (Å²) in [6, 6.07) is 25.9. The van der Waals surface area contributed by atoms with E-state index in [9.17, 15) is 4.79 Å². The third-order valence-corrected chi connectivity index (χ3v) is 6.39. The fourth-order valence-corrected chi connectivity index (χ4v) is 4.56. The topological polar surface area (TPSA) is 55.3 Å². The maximum absolute atomic E-state index is 12.9. The molecule has 5 nitrogen and oxygen atoms in total. The number of para-hydroxylation sites is 1. The van der Waals surface area contributed by atoms with Gasteiger partial charge in [0, 0.05) is 22.4 Å². The molecule has 0 saturated carbocycles. The molecule has 0 aliphatic carbocycles. The molecular formula is C28H27N3O2. The van der Waals surface area contributed by atoms with Gasteiger partial charge in [0.1, 0.15) is 11.6 Å².